The second-order valence-corrected chi connectivity index (χ2v) is 8.39. The minimum Gasteiger partial charge on any atom is -0.324 e. The third-order valence-electron chi connectivity index (χ3n) is 6.61. The van der Waals surface area contributed by atoms with Crippen LogP contribution in [0.4, 0.5) is 11.4 Å². The van der Waals surface area contributed by atoms with Crippen molar-refractivity contribution in [1.82, 2.24) is 4.98 Å². The summed E-state index contributed by atoms with van der Waals surface area (Å²) in [5, 5.41) is 3.07. The summed E-state index contributed by atoms with van der Waals surface area (Å²) in [6, 6.07) is 21.0. The first-order valence-electron chi connectivity index (χ1n) is 10.9. The van der Waals surface area contributed by atoms with E-state index in [0.717, 1.165) is 43.4 Å². The Hall–Kier alpha value is -3.47. The van der Waals surface area contributed by atoms with Crippen LogP contribution in [0.3, 0.4) is 0 Å². The van der Waals surface area contributed by atoms with Crippen molar-refractivity contribution in [1.29, 1.82) is 0 Å². The van der Waals surface area contributed by atoms with Gasteiger partial charge in [0.25, 0.3) is 5.91 Å². The van der Waals surface area contributed by atoms with Gasteiger partial charge >= 0.3 is 0 Å². The van der Waals surface area contributed by atoms with Crippen LogP contribution in [0.2, 0.25) is 0 Å². The Kier molecular flexibility index (Phi) is 5.02. The molecule has 3 aromatic rings. The number of nitrogens with zero attached hydrogens (tertiary/aromatic N) is 2. The van der Waals surface area contributed by atoms with E-state index in [-0.39, 0.29) is 11.8 Å². The van der Waals surface area contributed by atoms with Crippen molar-refractivity contribution < 1.29 is 9.59 Å². The van der Waals surface area contributed by atoms with Crippen LogP contribution in [0, 0.1) is 0 Å². The van der Waals surface area contributed by atoms with Crippen LogP contribution >= 0.6 is 0 Å². The van der Waals surface area contributed by atoms with Crippen LogP contribution < -0.4 is 10.2 Å². The Morgan fingerprint density at radius 1 is 0.935 bits per heavy atom. The third-order valence-corrected chi connectivity index (χ3v) is 6.61. The SMILES string of the molecule is O=C(Nc1cccnc1)[C@H]1c2ccccc2C(=O)N(c2ccccc2)C12CCCCC2. The van der Waals surface area contributed by atoms with E-state index in [0.29, 0.717) is 11.3 Å². The van der Waals surface area contributed by atoms with Crippen molar-refractivity contribution in [2.45, 2.75) is 43.6 Å². The Labute approximate surface area is 182 Å². The summed E-state index contributed by atoms with van der Waals surface area (Å²) in [5.74, 6) is -0.563. The highest BCUT2D eigenvalue weighted by atomic mass is 16.2. The predicted molar refractivity (Wildman–Crippen MR) is 121 cm³/mol. The summed E-state index contributed by atoms with van der Waals surface area (Å²) in [4.78, 5) is 33.7. The zero-order valence-corrected chi connectivity index (χ0v) is 17.3. The topological polar surface area (TPSA) is 62.3 Å². The molecule has 5 nitrogen and oxygen atoms in total. The maximum Gasteiger partial charge on any atom is 0.259 e. The first-order chi connectivity index (χ1) is 15.2. The highest BCUT2D eigenvalue weighted by molar-refractivity contribution is 6.13. The number of rotatable bonds is 3. The van der Waals surface area contributed by atoms with E-state index in [9.17, 15) is 9.59 Å². The molecular weight excluding hydrogens is 386 g/mol. The molecule has 0 unspecified atom stereocenters. The molecule has 0 saturated heterocycles. The standard InChI is InChI=1S/C26H25N3O2/c30-24(28-19-10-9-17-27-18-19)23-21-13-5-6-14-22(21)25(31)29(20-11-3-1-4-12-20)26(23)15-7-2-8-16-26/h1,3-6,9-14,17-18,23H,2,7-8,15-16H2,(H,28,30)/t23-/m1/s1. The second kappa shape index (κ2) is 7.99. The molecule has 1 aromatic heterocycles. The number of aromatic nitrogens is 1. The highest BCUT2D eigenvalue weighted by Crippen LogP contribution is 2.51. The lowest BCUT2D eigenvalue weighted by Crippen LogP contribution is -2.62. The zero-order chi connectivity index (χ0) is 21.3. The van der Waals surface area contributed by atoms with Gasteiger partial charge < -0.3 is 10.2 Å². The molecular formula is C26H25N3O2. The van der Waals surface area contributed by atoms with Crippen LogP contribution in [-0.2, 0) is 4.79 Å². The lowest BCUT2D eigenvalue weighted by atomic mass is 9.65. The molecule has 1 saturated carbocycles. The molecule has 1 spiro atoms. The Morgan fingerprint density at radius 2 is 1.68 bits per heavy atom. The van der Waals surface area contributed by atoms with Gasteiger partial charge in [-0.25, -0.2) is 0 Å². The van der Waals surface area contributed by atoms with Crippen LogP contribution in [0.15, 0.2) is 79.1 Å². The van der Waals surface area contributed by atoms with Crippen LogP contribution in [-0.4, -0.2) is 22.3 Å². The van der Waals surface area contributed by atoms with Crippen molar-refractivity contribution in [2.24, 2.45) is 0 Å². The van der Waals surface area contributed by atoms with Gasteiger partial charge in [-0.2, -0.15) is 0 Å². The fourth-order valence-electron chi connectivity index (χ4n) is 5.35. The maximum atomic E-state index is 13.8. The van der Waals surface area contributed by atoms with Gasteiger partial charge in [0, 0.05) is 17.4 Å². The van der Waals surface area contributed by atoms with E-state index >= 15 is 0 Å². The molecule has 2 heterocycles. The number of pyridine rings is 1. The smallest absolute Gasteiger partial charge is 0.259 e. The van der Waals surface area contributed by atoms with Crippen molar-refractivity contribution >= 4 is 23.2 Å². The molecule has 1 aliphatic heterocycles. The number of fused-ring (bicyclic) bond motifs is 1. The van der Waals surface area contributed by atoms with E-state index in [4.69, 9.17) is 0 Å². The van der Waals surface area contributed by atoms with Crippen molar-refractivity contribution in [3.8, 4) is 0 Å². The molecule has 1 N–H and O–H groups in total. The number of amides is 2. The molecule has 1 fully saturated rings. The highest BCUT2D eigenvalue weighted by Gasteiger charge is 2.55. The summed E-state index contributed by atoms with van der Waals surface area (Å²) in [6.07, 6.45) is 8.05. The number of hydrogen-bond acceptors (Lipinski definition) is 3. The van der Waals surface area contributed by atoms with Gasteiger partial charge in [0.05, 0.1) is 23.3 Å². The summed E-state index contributed by atoms with van der Waals surface area (Å²) in [6.45, 7) is 0. The number of anilines is 2. The number of carbonyl (C=O) groups excluding carboxylic acids is 2. The largest absolute Gasteiger partial charge is 0.324 e. The number of benzene rings is 2. The fourth-order valence-corrected chi connectivity index (χ4v) is 5.35. The molecule has 5 heteroatoms. The summed E-state index contributed by atoms with van der Waals surface area (Å²) < 4.78 is 0. The number of carbonyl (C=O) groups is 2. The second-order valence-electron chi connectivity index (χ2n) is 8.39. The molecule has 2 aromatic carbocycles. The zero-order valence-electron chi connectivity index (χ0n) is 17.3. The van der Waals surface area contributed by atoms with E-state index in [2.05, 4.69) is 10.3 Å². The number of para-hydroxylation sites is 1. The minimum absolute atomic E-state index is 0.0193. The van der Waals surface area contributed by atoms with Gasteiger partial charge in [-0.05, 0) is 48.7 Å². The maximum absolute atomic E-state index is 13.8. The van der Waals surface area contributed by atoms with E-state index in [1.807, 2.05) is 65.6 Å². The first-order valence-corrected chi connectivity index (χ1v) is 10.9. The van der Waals surface area contributed by atoms with E-state index < -0.39 is 11.5 Å². The first kappa shape index (κ1) is 19.5. The van der Waals surface area contributed by atoms with Crippen LogP contribution in [0.25, 0.3) is 0 Å². The molecule has 2 amide bonds. The molecule has 31 heavy (non-hydrogen) atoms. The number of nitrogens with one attached hydrogen (secondary N) is 1. The van der Waals surface area contributed by atoms with Gasteiger partial charge in [-0.15, -0.1) is 0 Å². The molecule has 156 valence electrons. The van der Waals surface area contributed by atoms with Crippen molar-refractivity contribution in [3.63, 3.8) is 0 Å². The lowest BCUT2D eigenvalue weighted by Gasteiger charge is -2.53. The van der Waals surface area contributed by atoms with Crippen LogP contribution in [0.1, 0.15) is 53.9 Å². The average molecular weight is 412 g/mol. The van der Waals surface area contributed by atoms with Crippen molar-refractivity contribution in [3.05, 3.63) is 90.3 Å². The van der Waals surface area contributed by atoms with Gasteiger partial charge in [-0.1, -0.05) is 55.7 Å². The normalized spacial score (nSPS) is 19.7. The van der Waals surface area contributed by atoms with E-state index in [1.165, 1.54) is 0 Å². The third kappa shape index (κ3) is 3.30. The van der Waals surface area contributed by atoms with Crippen molar-refractivity contribution in [2.75, 3.05) is 10.2 Å². The molecule has 1 atom stereocenters. The van der Waals surface area contributed by atoms with Gasteiger partial charge in [0.1, 0.15) is 0 Å². The molecule has 1 aliphatic carbocycles. The predicted octanol–water partition coefficient (Wildman–Crippen LogP) is 5.17. The molecule has 0 radical (unpaired) electrons. The Morgan fingerprint density at radius 3 is 2.42 bits per heavy atom. The molecule has 0 bridgehead atoms. The van der Waals surface area contributed by atoms with Gasteiger partial charge in [0.2, 0.25) is 5.91 Å². The molecule has 5 rings (SSSR count). The molecule has 2 aliphatic rings. The summed E-state index contributed by atoms with van der Waals surface area (Å²) >= 11 is 0. The van der Waals surface area contributed by atoms with Crippen LogP contribution in [0.5, 0.6) is 0 Å². The number of hydrogen-bond donors (Lipinski definition) is 1. The average Bonchev–Trinajstić information content (AvgIpc) is 2.81. The Bertz CT molecular complexity index is 1090. The quantitative estimate of drug-likeness (QED) is 0.647. The summed E-state index contributed by atoms with van der Waals surface area (Å²) in [5.41, 5.74) is 2.36. The van der Waals surface area contributed by atoms with Gasteiger partial charge in [-0.3, -0.25) is 14.6 Å². The summed E-state index contributed by atoms with van der Waals surface area (Å²) in [7, 11) is 0. The lowest BCUT2D eigenvalue weighted by molar-refractivity contribution is -0.119. The monoisotopic (exact) mass is 411 g/mol. The van der Waals surface area contributed by atoms with E-state index in [1.54, 1.807) is 18.5 Å². The van der Waals surface area contributed by atoms with Gasteiger partial charge in [0.15, 0.2) is 0 Å². The minimum atomic E-state index is -0.586. The fraction of sp³-hybridized carbons (Fsp3) is 0.269. The Balaban J connectivity index is 1.68.